The SMILES string of the molecule is Fc1ccc([C@@H]2Sc3ccccc3N=C3c4ccccc4CC[C@H]32)cc1. The highest BCUT2D eigenvalue weighted by Gasteiger charge is 2.35. The molecular weight excluding hydrogens is 341 g/mol. The maximum Gasteiger partial charge on any atom is 0.123 e. The molecule has 0 amide bonds. The van der Waals surface area contributed by atoms with Crippen LogP contribution in [0.25, 0.3) is 0 Å². The van der Waals surface area contributed by atoms with Gasteiger partial charge in [0.05, 0.1) is 11.4 Å². The molecule has 0 saturated heterocycles. The van der Waals surface area contributed by atoms with Crippen LogP contribution >= 0.6 is 11.8 Å². The lowest BCUT2D eigenvalue weighted by atomic mass is 9.78. The first-order chi connectivity index (χ1) is 12.8. The predicted molar refractivity (Wildman–Crippen MR) is 106 cm³/mol. The standard InChI is InChI=1S/C23H18FNS/c24-17-12-9-16(10-13-17)23-19-14-11-15-5-1-2-6-18(15)22(19)25-20-7-3-4-8-21(20)26-23/h1-10,12-13,19,23H,11,14H2/t19-,23+/m1/s1. The Morgan fingerprint density at radius 3 is 2.54 bits per heavy atom. The van der Waals surface area contributed by atoms with Gasteiger partial charge in [-0.2, -0.15) is 0 Å². The van der Waals surface area contributed by atoms with Gasteiger partial charge in [0.25, 0.3) is 0 Å². The van der Waals surface area contributed by atoms with E-state index in [1.165, 1.54) is 27.3 Å². The van der Waals surface area contributed by atoms with Crippen molar-refractivity contribution in [1.29, 1.82) is 0 Å². The summed E-state index contributed by atoms with van der Waals surface area (Å²) in [7, 11) is 0. The molecule has 2 atom stereocenters. The number of hydrogen-bond acceptors (Lipinski definition) is 2. The second kappa shape index (κ2) is 6.40. The van der Waals surface area contributed by atoms with Crippen LogP contribution in [0.2, 0.25) is 0 Å². The fourth-order valence-electron chi connectivity index (χ4n) is 4.02. The molecule has 1 heterocycles. The average Bonchev–Trinajstić information content (AvgIpc) is 2.85. The van der Waals surface area contributed by atoms with Crippen LogP contribution in [0.5, 0.6) is 0 Å². The molecule has 3 aromatic carbocycles. The van der Waals surface area contributed by atoms with E-state index >= 15 is 0 Å². The van der Waals surface area contributed by atoms with Crippen LogP contribution < -0.4 is 0 Å². The average molecular weight is 359 g/mol. The van der Waals surface area contributed by atoms with E-state index in [1.54, 1.807) is 12.1 Å². The fourth-order valence-corrected chi connectivity index (χ4v) is 5.41. The van der Waals surface area contributed by atoms with Crippen LogP contribution in [-0.4, -0.2) is 5.71 Å². The van der Waals surface area contributed by atoms with E-state index in [-0.39, 0.29) is 11.1 Å². The lowest BCUT2D eigenvalue weighted by molar-refractivity contribution is 0.594. The summed E-state index contributed by atoms with van der Waals surface area (Å²) < 4.78 is 13.5. The van der Waals surface area contributed by atoms with E-state index < -0.39 is 0 Å². The zero-order chi connectivity index (χ0) is 17.5. The zero-order valence-corrected chi connectivity index (χ0v) is 15.0. The molecule has 1 nitrogen and oxygen atoms in total. The molecule has 26 heavy (non-hydrogen) atoms. The Balaban J connectivity index is 1.70. The molecule has 5 rings (SSSR count). The van der Waals surface area contributed by atoms with Crippen molar-refractivity contribution >= 4 is 23.2 Å². The number of fused-ring (bicyclic) bond motifs is 4. The summed E-state index contributed by atoms with van der Waals surface area (Å²) in [5, 5.41) is 0.242. The predicted octanol–water partition coefficient (Wildman–Crippen LogP) is 6.36. The Morgan fingerprint density at radius 1 is 0.885 bits per heavy atom. The minimum atomic E-state index is -0.185. The maximum absolute atomic E-state index is 13.5. The number of benzene rings is 3. The van der Waals surface area contributed by atoms with E-state index in [4.69, 9.17) is 4.99 Å². The lowest BCUT2D eigenvalue weighted by Crippen LogP contribution is -2.27. The molecule has 0 saturated carbocycles. The third-order valence-electron chi connectivity index (χ3n) is 5.29. The van der Waals surface area contributed by atoms with Gasteiger partial charge in [0.1, 0.15) is 5.82 Å². The van der Waals surface area contributed by atoms with Crippen LogP contribution in [0.4, 0.5) is 10.1 Å². The molecule has 0 aromatic heterocycles. The second-order valence-corrected chi connectivity index (χ2v) is 8.04. The second-order valence-electron chi connectivity index (χ2n) is 6.86. The topological polar surface area (TPSA) is 12.4 Å². The first kappa shape index (κ1) is 15.8. The number of aryl methyl sites for hydroxylation is 1. The molecule has 3 aromatic rings. The van der Waals surface area contributed by atoms with Crippen molar-refractivity contribution in [3.8, 4) is 0 Å². The first-order valence-corrected chi connectivity index (χ1v) is 9.85. The summed E-state index contributed by atoms with van der Waals surface area (Å²) in [5.74, 6) is 0.142. The third kappa shape index (κ3) is 2.67. The van der Waals surface area contributed by atoms with Gasteiger partial charge in [0.15, 0.2) is 0 Å². The number of halogens is 1. The van der Waals surface area contributed by atoms with Crippen LogP contribution in [0.3, 0.4) is 0 Å². The highest BCUT2D eigenvalue weighted by molar-refractivity contribution is 7.99. The minimum absolute atomic E-state index is 0.185. The molecule has 0 unspecified atom stereocenters. The smallest absolute Gasteiger partial charge is 0.123 e. The molecule has 0 fully saturated rings. The van der Waals surface area contributed by atoms with Crippen molar-refractivity contribution in [2.45, 2.75) is 23.0 Å². The van der Waals surface area contributed by atoms with Gasteiger partial charge in [-0.15, -0.1) is 11.8 Å². The molecular formula is C23H18FNS. The highest BCUT2D eigenvalue weighted by Crippen LogP contribution is 2.50. The fraction of sp³-hybridized carbons (Fsp3) is 0.174. The van der Waals surface area contributed by atoms with Gasteiger partial charge in [-0.05, 0) is 53.8 Å². The van der Waals surface area contributed by atoms with E-state index in [1.807, 2.05) is 30.0 Å². The van der Waals surface area contributed by atoms with Crippen molar-refractivity contribution in [3.05, 3.63) is 95.3 Å². The van der Waals surface area contributed by atoms with Gasteiger partial charge in [-0.3, -0.25) is 4.99 Å². The molecule has 0 radical (unpaired) electrons. The Labute approximate surface area is 157 Å². The summed E-state index contributed by atoms with van der Waals surface area (Å²) in [6.07, 6.45) is 2.13. The van der Waals surface area contributed by atoms with E-state index in [9.17, 15) is 4.39 Å². The monoisotopic (exact) mass is 359 g/mol. The van der Waals surface area contributed by atoms with E-state index in [2.05, 4.69) is 42.5 Å². The Hall–Kier alpha value is -2.39. The molecule has 128 valence electrons. The normalized spacial score (nSPS) is 21.0. The molecule has 0 bridgehead atoms. The molecule has 1 aliphatic heterocycles. The van der Waals surface area contributed by atoms with E-state index in [0.717, 1.165) is 18.5 Å². The maximum atomic E-state index is 13.5. The number of aliphatic imine (C=N–C) groups is 1. The van der Waals surface area contributed by atoms with Gasteiger partial charge < -0.3 is 0 Å². The number of thioether (sulfide) groups is 1. The molecule has 0 spiro atoms. The van der Waals surface area contributed by atoms with Crippen LogP contribution in [0, 0.1) is 11.7 Å². The number of para-hydroxylation sites is 1. The zero-order valence-electron chi connectivity index (χ0n) is 14.2. The molecule has 1 aliphatic carbocycles. The minimum Gasteiger partial charge on any atom is -0.251 e. The van der Waals surface area contributed by atoms with Gasteiger partial charge in [0, 0.05) is 16.1 Å². The first-order valence-electron chi connectivity index (χ1n) is 8.97. The number of hydrogen-bond donors (Lipinski definition) is 0. The van der Waals surface area contributed by atoms with Crippen molar-refractivity contribution < 1.29 is 4.39 Å². The Morgan fingerprint density at radius 2 is 1.65 bits per heavy atom. The summed E-state index contributed by atoms with van der Waals surface area (Å²) in [5.41, 5.74) is 6.04. The third-order valence-corrected chi connectivity index (χ3v) is 6.75. The van der Waals surface area contributed by atoms with Crippen LogP contribution in [-0.2, 0) is 6.42 Å². The molecule has 2 aliphatic rings. The van der Waals surface area contributed by atoms with E-state index in [0.29, 0.717) is 5.92 Å². The Bertz CT molecular complexity index is 993. The van der Waals surface area contributed by atoms with Crippen molar-refractivity contribution in [2.24, 2.45) is 10.9 Å². The lowest BCUT2D eigenvalue weighted by Gasteiger charge is -2.31. The summed E-state index contributed by atoms with van der Waals surface area (Å²) in [6.45, 7) is 0. The molecule has 3 heteroatoms. The highest BCUT2D eigenvalue weighted by atomic mass is 32.2. The summed E-state index contributed by atoms with van der Waals surface area (Å²) >= 11 is 1.86. The van der Waals surface area contributed by atoms with Gasteiger partial charge in [-0.25, -0.2) is 4.39 Å². The van der Waals surface area contributed by atoms with Gasteiger partial charge in [-0.1, -0.05) is 48.5 Å². The summed E-state index contributed by atoms with van der Waals surface area (Å²) in [6, 6.07) is 24.0. The number of nitrogens with zero attached hydrogens (tertiary/aromatic N) is 1. The largest absolute Gasteiger partial charge is 0.251 e. The van der Waals surface area contributed by atoms with Gasteiger partial charge >= 0.3 is 0 Å². The van der Waals surface area contributed by atoms with Gasteiger partial charge in [0.2, 0.25) is 0 Å². The van der Waals surface area contributed by atoms with Crippen molar-refractivity contribution in [3.63, 3.8) is 0 Å². The number of rotatable bonds is 1. The quantitative estimate of drug-likeness (QED) is 0.493. The van der Waals surface area contributed by atoms with Crippen molar-refractivity contribution in [2.75, 3.05) is 0 Å². The van der Waals surface area contributed by atoms with Crippen LogP contribution in [0.1, 0.15) is 28.4 Å². The molecule has 0 N–H and O–H groups in total. The Kier molecular flexibility index (Phi) is 3.90. The summed E-state index contributed by atoms with van der Waals surface area (Å²) in [4.78, 5) is 6.31. The van der Waals surface area contributed by atoms with Crippen LogP contribution in [0.15, 0.2) is 82.7 Å². The van der Waals surface area contributed by atoms with Crippen molar-refractivity contribution in [1.82, 2.24) is 0 Å².